The van der Waals surface area contributed by atoms with Crippen LogP contribution in [-0.4, -0.2) is 25.3 Å². The van der Waals surface area contributed by atoms with Crippen LogP contribution >= 0.6 is 0 Å². The minimum absolute atomic E-state index is 0.0209. The molecular formula is C28H30O3. The fourth-order valence-electron chi connectivity index (χ4n) is 5.38. The maximum Gasteiger partial charge on any atom is 0.183 e. The van der Waals surface area contributed by atoms with Crippen molar-refractivity contribution in [3.63, 3.8) is 0 Å². The Morgan fingerprint density at radius 3 is 1.81 bits per heavy atom. The molecule has 0 amide bonds. The number of ketones is 1. The van der Waals surface area contributed by atoms with Crippen molar-refractivity contribution in [1.82, 2.24) is 0 Å². The fourth-order valence-corrected chi connectivity index (χ4v) is 5.38. The molecule has 1 saturated carbocycles. The largest absolute Gasteiger partial charge is 0.348 e. The van der Waals surface area contributed by atoms with E-state index in [4.69, 9.17) is 9.47 Å². The molecule has 0 bridgehead atoms. The summed E-state index contributed by atoms with van der Waals surface area (Å²) >= 11 is 0. The van der Waals surface area contributed by atoms with E-state index in [9.17, 15) is 4.79 Å². The van der Waals surface area contributed by atoms with E-state index in [1.807, 2.05) is 6.08 Å². The smallest absolute Gasteiger partial charge is 0.183 e. The Labute approximate surface area is 184 Å². The van der Waals surface area contributed by atoms with E-state index in [0.29, 0.717) is 25.0 Å². The number of carbonyl (C=O) groups excluding carboxylic acids is 1. The summed E-state index contributed by atoms with van der Waals surface area (Å²) in [5.74, 6) is 0.791. The van der Waals surface area contributed by atoms with Crippen molar-refractivity contribution in [3.05, 3.63) is 95.6 Å². The van der Waals surface area contributed by atoms with Crippen LogP contribution in [0.2, 0.25) is 0 Å². The van der Waals surface area contributed by atoms with Crippen LogP contribution < -0.4 is 0 Å². The van der Waals surface area contributed by atoms with Crippen LogP contribution in [0.4, 0.5) is 0 Å². The Kier molecular flexibility index (Phi) is 5.19. The van der Waals surface area contributed by atoms with Crippen LogP contribution in [0.1, 0.15) is 49.7 Å². The molecule has 1 spiro atoms. The van der Waals surface area contributed by atoms with Gasteiger partial charge in [0.05, 0.1) is 18.6 Å². The van der Waals surface area contributed by atoms with E-state index in [2.05, 4.69) is 80.6 Å². The first kappa shape index (κ1) is 20.4. The first-order valence-corrected chi connectivity index (χ1v) is 11.2. The molecule has 2 aliphatic carbocycles. The normalized spacial score (nSPS) is 27.4. The SMILES string of the molecule is CC1(C)COC(C2=CC3(C[C@H](c4ccccc4)[C@@H](c4ccccc4)C3)C(=O)C=C2)OC1. The van der Waals surface area contributed by atoms with Crippen molar-refractivity contribution >= 4 is 5.78 Å². The Morgan fingerprint density at radius 2 is 1.29 bits per heavy atom. The highest BCUT2D eigenvalue weighted by atomic mass is 16.7. The second-order valence-corrected chi connectivity index (χ2v) is 10.1. The summed E-state index contributed by atoms with van der Waals surface area (Å²) in [7, 11) is 0. The third-order valence-electron chi connectivity index (χ3n) is 6.99. The Morgan fingerprint density at radius 1 is 0.774 bits per heavy atom. The predicted molar refractivity (Wildman–Crippen MR) is 122 cm³/mol. The van der Waals surface area contributed by atoms with Gasteiger partial charge in [-0.05, 0) is 41.9 Å². The molecule has 2 atom stereocenters. The van der Waals surface area contributed by atoms with E-state index in [0.717, 1.165) is 18.4 Å². The van der Waals surface area contributed by atoms with Gasteiger partial charge < -0.3 is 9.47 Å². The standard InChI is InChI=1S/C28H30O3/c1-27(2)18-30-26(31-19-27)22-13-14-25(29)28(15-22)16-23(20-9-5-3-6-10-20)24(17-28)21-11-7-4-8-12-21/h3-15,23-24,26H,16-19H2,1-2H3/t23-,24-/m1/s1. The lowest BCUT2D eigenvalue weighted by Gasteiger charge is -2.37. The summed E-state index contributed by atoms with van der Waals surface area (Å²) < 4.78 is 12.1. The number of hydrogen-bond acceptors (Lipinski definition) is 3. The number of rotatable bonds is 3. The van der Waals surface area contributed by atoms with Crippen molar-refractivity contribution in [2.24, 2.45) is 10.8 Å². The van der Waals surface area contributed by atoms with Gasteiger partial charge in [-0.2, -0.15) is 0 Å². The van der Waals surface area contributed by atoms with Crippen LogP contribution in [0, 0.1) is 10.8 Å². The Bertz CT molecular complexity index is 946. The van der Waals surface area contributed by atoms with Gasteiger partial charge in [-0.1, -0.05) is 86.7 Å². The number of allylic oxidation sites excluding steroid dienone is 2. The molecule has 0 radical (unpaired) electrons. The Balaban J connectivity index is 1.50. The second kappa shape index (κ2) is 7.89. The molecule has 1 saturated heterocycles. The summed E-state index contributed by atoms with van der Waals surface area (Å²) in [5, 5.41) is 0. The van der Waals surface area contributed by atoms with Gasteiger partial charge in [0.2, 0.25) is 0 Å². The quantitative estimate of drug-likeness (QED) is 0.637. The number of hydrogen-bond donors (Lipinski definition) is 0. The molecular weight excluding hydrogens is 384 g/mol. The molecule has 3 heteroatoms. The maximum absolute atomic E-state index is 13.3. The van der Waals surface area contributed by atoms with Crippen LogP contribution in [0.15, 0.2) is 84.5 Å². The molecule has 160 valence electrons. The third kappa shape index (κ3) is 3.93. The topological polar surface area (TPSA) is 35.5 Å². The van der Waals surface area contributed by atoms with E-state index in [1.54, 1.807) is 6.08 Å². The molecule has 5 rings (SSSR count). The van der Waals surface area contributed by atoms with Gasteiger partial charge in [-0.15, -0.1) is 0 Å². The minimum atomic E-state index is -0.509. The van der Waals surface area contributed by atoms with Gasteiger partial charge in [-0.3, -0.25) is 4.79 Å². The van der Waals surface area contributed by atoms with E-state index in [1.165, 1.54) is 11.1 Å². The average molecular weight is 415 g/mol. The molecule has 0 aromatic heterocycles. The van der Waals surface area contributed by atoms with E-state index >= 15 is 0 Å². The van der Waals surface area contributed by atoms with Gasteiger partial charge >= 0.3 is 0 Å². The molecule has 1 heterocycles. The van der Waals surface area contributed by atoms with Crippen molar-refractivity contribution in [3.8, 4) is 0 Å². The lowest BCUT2D eigenvalue weighted by Crippen LogP contribution is -2.39. The highest BCUT2D eigenvalue weighted by Crippen LogP contribution is 2.57. The average Bonchev–Trinajstić information content (AvgIpc) is 3.17. The zero-order chi connectivity index (χ0) is 21.5. The van der Waals surface area contributed by atoms with Crippen LogP contribution in [-0.2, 0) is 14.3 Å². The molecule has 0 unspecified atom stereocenters. The van der Waals surface area contributed by atoms with Crippen molar-refractivity contribution in [2.45, 2.75) is 44.8 Å². The summed E-state index contributed by atoms with van der Waals surface area (Å²) in [6.07, 6.45) is 7.03. The molecule has 3 aliphatic rings. The molecule has 2 fully saturated rings. The highest BCUT2D eigenvalue weighted by Gasteiger charge is 2.50. The van der Waals surface area contributed by atoms with Crippen LogP contribution in [0.25, 0.3) is 0 Å². The van der Waals surface area contributed by atoms with E-state index in [-0.39, 0.29) is 17.5 Å². The summed E-state index contributed by atoms with van der Waals surface area (Å²) in [5.41, 5.74) is 3.10. The number of benzene rings is 2. The molecule has 3 nitrogen and oxygen atoms in total. The fraction of sp³-hybridized carbons (Fsp3) is 0.393. The van der Waals surface area contributed by atoms with E-state index < -0.39 is 5.41 Å². The maximum atomic E-state index is 13.3. The first-order valence-electron chi connectivity index (χ1n) is 11.2. The monoisotopic (exact) mass is 414 g/mol. The first-order chi connectivity index (χ1) is 15.0. The molecule has 1 aliphatic heterocycles. The molecule has 2 aromatic rings. The summed E-state index contributed by atoms with van der Waals surface area (Å²) in [4.78, 5) is 13.3. The van der Waals surface area contributed by atoms with Crippen molar-refractivity contribution < 1.29 is 14.3 Å². The number of carbonyl (C=O) groups is 1. The summed E-state index contributed by atoms with van der Waals surface area (Å²) in [6.45, 7) is 5.60. The summed E-state index contributed by atoms with van der Waals surface area (Å²) in [6, 6.07) is 21.3. The number of ether oxygens (including phenoxy) is 2. The predicted octanol–water partition coefficient (Wildman–Crippen LogP) is 5.80. The van der Waals surface area contributed by atoms with Gasteiger partial charge in [0.25, 0.3) is 0 Å². The van der Waals surface area contributed by atoms with Gasteiger partial charge in [0.15, 0.2) is 12.1 Å². The second-order valence-electron chi connectivity index (χ2n) is 10.1. The zero-order valence-electron chi connectivity index (χ0n) is 18.3. The van der Waals surface area contributed by atoms with Crippen molar-refractivity contribution in [1.29, 1.82) is 0 Å². The third-order valence-corrected chi connectivity index (χ3v) is 6.99. The lowest BCUT2D eigenvalue weighted by atomic mass is 9.75. The van der Waals surface area contributed by atoms with Crippen LogP contribution in [0.3, 0.4) is 0 Å². The molecule has 0 N–H and O–H groups in total. The minimum Gasteiger partial charge on any atom is -0.348 e. The van der Waals surface area contributed by atoms with Gasteiger partial charge in [-0.25, -0.2) is 0 Å². The lowest BCUT2D eigenvalue weighted by molar-refractivity contribution is -0.201. The highest BCUT2D eigenvalue weighted by molar-refractivity contribution is 5.98. The van der Waals surface area contributed by atoms with Gasteiger partial charge in [0, 0.05) is 11.0 Å². The van der Waals surface area contributed by atoms with Crippen molar-refractivity contribution in [2.75, 3.05) is 13.2 Å². The zero-order valence-corrected chi connectivity index (χ0v) is 18.3. The van der Waals surface area contributed by atoms with Crippen LogP contribution in [0.5, 0.6) is 0 Å². The molecule has 2 aromatic carbocycles. The van der Waals surface area contributed by atoms with Gasteiger partial charge in [0.1, 0.15) is 0 Å². The molecule has 31 heavy (non-hydrogen) atoms. The Hall–Kier alpha value is -2.49.